The first-order valence-corrected chi connectivity index (χ1v) is 8.41. The van der Waals surface area contributed by atoms with Gasteiger partial charge in [0.2, 0.25) is 5.91 Å². The molecule has 1 amide bonds. The molecular weight excluding hydrogens is 318 g/mol. The Morgan fingerprint density at radius 1 is 0.960 bits per heavy atom. The van der Waals surface area contributed by atoms with Crippen molar-refractivity contribution in [1.29, 1.82) is 0 Å². The molecule has 0 radical (unpaired) electrons. The van der Waals surface area contributed by atoms with E-state index in [2.05, 4.69) is 5.32 Å². The zero-order valence-electron chi connectivity index (χ0n) is 14.8. The van der Waals surface area contributed by atoms with E-state index in [1.54, 1.807) is 7.11 Å². The summed E-state index contributed by atoms with van der Waals surface area (Å²) in [7, 11) is 1.60. The van der Waals surface area contributed by atoms with Gasteiger partial charge in [0.05, 0.1) is 20.3 Å². The smallest absolute Gasteiger partial charge is 0.220 e. The second-order valence-corrected chi connectivity index (χ2v) is 5.61. The number of amides is 1. The highest BCUT2D eigenvalue weighted by molar-refractivity contribution is 5.75. The first-order chi connectivity index (χ1) is 12.2. The molecule has 1 N–H and O–H groups in total. The minimum Gasteiger partial charge on any atom is -0.494 e. The molecule has 25 heavy (non-hydrogen) atoms. The predicted molar refractivity (Wildman–Crippen MR) is 97.4 cm³/mol. The number of carbonyl (C=O) groups excluding carboxylic acids is 1. The molecule has 0 aliphatic carbocycles. The van der Waals surface area contributed by atoms with Crippen molar-refractivity contribution in [3.63, 3.8) is 0 Å². The molecule has 134 valence electrons. The summed E-state index contributed by atoms with van der Waals surface area (Å²) >= 11 is 0. The molecule has 0 atom stereocenters. The fourth-order valence-corrected chi connectivity index (χ4v) is 2.24. The van der Waals surface area contributed by atoms with E-state index in [1.807, 2.05) is 55.5 Å². The monoisotopic (exact) mass is 343 g/mol. The van der Waals surface area contributed by atoms with Crippen molar-refractivity contribution in [2.75, 3.05) is 26.9 Å². The number of para-hydroxylation sites is 2. The molecule has 5 nitrogen and oxygen atoms in total. The zero-order chi connectivity index (χ0) is 17.9. The lowest BCUT2D eigenvalue weighted by molar-refractivity contribution is -0.121. The summed E-state index contributed by atoms with van der Waals surface area (Å²) in [6, 6.07) is 15.3. The third-order valence-electron chi connectivity index (χ3n) is 3.59. The van der Waals surface area contributed by atoms with E-state index in [9.17, 15) is 4.79 Å². The van der Waals surface area contributed by atoms with Gasteiger partial charge in [0, 0.05) is 6.42 Å². The van der Waals surface area contributed by atoms with E-state index in [-0.39, 0.29) is 5.91 Å². The Hall–Kier alpha value is -2.69. The molecule has 0 saturated heterocycles. The van der Waals surface area contributed by atoms with Gasteiger partial charge in [-0.05, 0) is 37.6 Å². The molecule has 0 heterocycles. The lowest BCUT2D eigenvalue weighted by Gasteiger charge is -2.11. The van der Waals surface area contributed by atoms with Gasteiger partial charge >= 0.3 is 0 Å². The van der Waals surface area contributed by atoms with Crippen LogP contribution >= 0.6 is 0 Å². The van der Waals surface area contributed by atoms with Crippen LogP contribution < -0.4 is 19.5 Å². The van der Waals surface area contributed by atoms with Crippen LogP contribution in [0.2, 0.25) is 0 Å². The second kappa shape index (κ2) is 10.2. The van der Waals surface area contributed by atoms with Crippen LogP contribution in [0.5, 0.6) is 17.2 Å². The summed E-state index contributed by atoms with van der Waals surface area (Å²) in [6.07, 6.45) is 1.10. The van der Waals surface area contributed by atoms with Crippen LogP contribution in [-0.2, 0) is 4.79 Å². The van der Waals surface area contributed by atoms with E-state index >= 15 is 0 Å². The Bertz CT molecular complexity index is 655. The first kappa shape index (κ1) is 18.6. The Morgan fingerprint density at radius 3 is 2.40 bits per heavy atom. The average Bonchev–Trinajstić information content (AvgIpc) is 2.64. The largest absolute Gasteiger partial charge is 0.494 e. The summed E-state index contributed by atoms with van der Waals surface area (Å²) < 4.78 is 16.4. The molecule has 0 saturated carbocycles. The number of methoxy groups -OCH3 is 1. The minimum absolute atomic E-state index is 0.00358. The van der Waals surface area contributed by atoms with Crippen LogP contribution in [0.4, 0.5) is 0 Å². The highest BCUT2D eigenvalue weighted by Gasteiger charge is 2.04. The molecule has 0 bridgehead atoms. The van der Waals surface area contributed by atoms with Crippen LogP contribution in [0.3, 0.4) is 0 Å². The summed E-state index contributed by atoms with van der Waals surface area (Å²) in [5.74, 6) is 2.18. The van der Waals surface area contributed by atoms with E-state index in [0.717, 1.165) is 5.75 Å². The first-order valence-electron chi connectivity index (χ1n) is 8.41. The van der Waals surface area contributed by atoms with Crippen molar-refractivity contribution < 1.29 is 19.0 Å². The Balaban J connectivity index is 1.56. The lowest BCUT2D eigenvalue weighted by atomic mass is 10.2. The van der Waals surface area contributed by atoms with Crippen LogP contribution in [0, 0.1) is 6.92 Å². The van der Waals surface area contributed by atoms with E-state index in [0.29, 0.717) is 44.1 Å². The SMILES string of the molecule is COc1ccccc1OCCNC(=O)CCCOc1ccc(C)cc1. The standard InChI is InChI=1S/C20H25NO4/c1-16-9-11-17(12-10-16)24-14-5-8-20(22)21-13-15-25-19-7-4-3-6-18(19)23-2/h3-4,6-7,9-12H,5,8,13-15H2,1-2H3,(H,21,22). The van der Waals surface area contributed by atoms with Crippen LogP contribution in [0.25, 0.3) is 0 Å². The Morgan fingerprint density at radius 2 is 1.68 bits per heavy atom. The average molecular weight is 343 g/mol. The van der Waals surface area contributed by atoms with Gasteiger partial charge < -0.3 is 19.5 Å². The number of benzene rings is 2. The van der Waals surface area contributed by atoms with Gasteiger partial charge in [-0.15, -0.1) is 0 Å². The van der Waals surface area contributed by atoms with Crippen molar-refractivity contribution in [3.05, 3.63) is 54.1 Å². The topological polar surface area (TPSA) is 56.8 Å². The Kier molecular flexibility index (Phi) is 7.63. The van der Waals surface area contributed by atoms with E-state index in [4.69, 9.17) is 14.2 Å². The Labute approximate surface area is 148 Å². The van der Waals surface area contributed by atoms with Crippen molar-refractivity contribution in [3.8, 4) is 17.2 Å². The number of ether oxygens (including phenoxy) is 3. The molecule has 0 aliphatic rings. The molecule has 0 spiro atoms. The molecule has 2 aromatic carbocycles. The van der Waals surface area contributed by atoms with Gasteiger partial charge in [-0.25, -0.2) is 0 Å². The van der Waals surface area contributed by atoms with Gasteiger partial charge in [-0.2, -0.15) is 0 Å². The molecule has 0 aromatic heterocycles. The van der Waals surface area contributed by atoms with Crippen LogP contribution in [0.15, 0.2) is 48.5 Å². The summed E-state index contributed by atoms with van der Waals surface area (Å²) in [4.78, 5) is 11.8. The number of rotatable bonds is 10. The maximum Gasteiger partial charge on any atom is 0.220 e. The van der Waals surface area contributed by atoms with E-state index < -0.39 is 0 Å². The maximum absolute atomic E-state index is 11.8. The molecule has 0 unspecified atom stereocenters. The number of hydrogen-bond acceptors (Lipinski definition) is 4. The summed E-state index contributed by atoms with van der Waals surface area (Å²) in [5, 5.41) is 2.84. The highest BCUT2D eigenvalue weighted by Crippen LogP contribution is 2.25. The molecule has 0 aliphatic heterocycles. The number of carbonyl (C=O) groups is 1. The van der Waals surface area contributed by atoms with Crippen molar-refractivity contribution in [1.82, 2.24) is 5.32 Å². The van der Waals surface area contributed by atoms with Crippen molar-refractivity contribution in [2.45, 2.75) is 19.8 Å². The lowest BCUT2D eigenvalue weighted by Crippen LogP contribution is -2.28. The summed E-state index contributed by atoms with van der Waals surface area (Å²) in [6.45, 7) is 3.40. The number of aryl methyl sites for hydroxylation is 1. The van der Waals surface area contributed by atoms with E-state index in [1.165, 1.54) is 5.56 Å². The van der Waals surface area contributed by atoms with Crippen molar-refractivity contribution in [2.24, 2.45) is 0 Å². The van der Waals surface area contributed by atoms with Gasteiger partial charge in [-0.3, -0.25) is 4.79 Å². The molecule has 0 fully saturated rings. The predicted octanol–water partition coefficient (Wildman–Crippen LogP) is 3.36. The third kappa shape index (κ3) is 6.75. The molecule has 2 rings (SSSR count). The van der Waals surface area contributed by atoms with Crippen LogP contribution in [0.1, 0.15) is 18.4 Å². The third-order valence-corrected chi connectivity index (χ3v) is 3.59. The quantitative estimate of drug-likeness (QED) is 0.672. The van der Waals surface area contributed by atoms with Gasteiger partial charge in [-0.1, -0.05) is 29.8 Å². The molecule has 5 heteroatoms. The molecular formula is C20H25NO4. The minimum atomic E-state index is -0.00358. The fraction of sp³-hybridized carbons (Fsp3) is 0.350. The van der Waals surface area contributed by atoms with Gasteiger partial charge in [0.25, 0.3) is 0 Å². The number of nitrogens with one attached hydrogen (secondary N) is 1. The highest BCUT2D eigenvalue weighted by atomic mass is 16.5. The van der Waals surface area contributed by atoms with Gasteiger partial charge in [0.1, 0.15) is 12.4 Å². The normalized spacial score (nSPS) is 10.2. The van der Waals surface area contributed by atoms with Crippen LogP contribution in [-0.4, -0.2) is 32.8 Å². The molecule has 2 aromatic rings. The maximum atomic E-state index is 11.8. The summed E-state index contributed by atoms with van der Waals surface area (Å²) in [5.41, 5.74) is 1.20. The number of hydrogen-bond donors (Lipinski definition) is 1. The zero-order valence-corrected chi connectivity index (χ0v) is 14.8. The van der Waals surface area contributed by atoms with Gasteiger partial charge in [0.15, 0.2) is 11.5 Å². The second-order valence-electron chi connectivity index (χ2n) is 5.61. The van der Waals surface area contributed by atoms with Crippen molar-refractivity contribution >= 4 is 5.91 Å². The fourth-order valence-electron chi connectivity index (χ4n) is 2.24.